The Bertz CT molecular complexity index is 644. The van der Waals surface area contributed by atoms with Crippen molar-refractivity contribution in [2.75, 3.05) is 25.9 Å². The fourth-order valence-electron chi connectivity index (χ4n) is 2.67. The van der Waals surface area contributed by atoms with Gasteiger partial charge in [0.05, 0.1) is 12.6 Å². The molecule has 6 nitrogen and oxygen atoms in total. The molecule has 2 aromatic rings. The minimum atomic E-state index is 0.0938. The van der Waals surface area contributed by atoms with E-state index < -0.39 is 0 Å². The van der Waals surface area contributed by atoms with E-state index in [0.717, 1.165) is 31.4 Å². The van der Waals surface area contributed by atoms with Crippen LogP contribution in [0, 0.1) is 0 Å². The van der Waals surface area contributed by atoms with Gasteiger partial charge < -0.3 is 19.9 Å². The number of amides is 1. The molecule has 1 saturated heterocycles. The van der Waals surface area contributed by atoms with E-state index in [1.165, 1.54) is 0 Å². The number of nitrogen functional groups attached to an aromatic ring is 1. The number of nitrogens with two attached hydrogens (primary N) is 1. The van der Waals surface area contributed by atoms with Crippen LogP contribution >= 0.6 is 0 Å². The minimum Gasteiger partial charge on any atom is -0.494 e. The molecule has 1 aromatic carbocycles. The van der Waals surface area contributed by atoms with Gasteiger partial charge in [-0.05, 0) is 25.0 Å². The first-order valence-corrected chi connectivity index (χ1v) is 6.77. The summed E-state index contributed by atoms with van der Waals surface area (Å²) in [4.78, 5) is 18.4. The van der Waals surface area contributed by atoms with E-state index in [-0.39, 0.29) is 12.5 Å². The number of rotatable bonds is 3. The van der Waals surface area contributed by atoms with Gasteiger partial charge in [-0.15, -0.1) is 0 Å². The van der Waals surface area contributed by atoms with Gasteiger partial charge in [-0.2, -0.15) is 0 Å². The molecule has 0 radical (unpaired) electrons. The monoisotopic (exact) mass is 274 g/mol. The standard InChI is InChI=1S/C14H18N4O2/c1-20-11-6-4-5-10-13(11)16-14(15)18(10)9-12(19)17-7-2-3-8-17/h4-6H,2-3,7-9H2,1H3,(H2,15,16). The molecule has 1 amide bonds. The number of hydrogen-bond acceptors (Lipinski definition) is 4. The lowest BCUT2D eigenvalue weighted by Gasteiger charge is -2.16. The van der Waals surface area contributed by atoms with Crippen molar-refractivity contribution in [2.45, 2.75) is 19.4 Å². The highest BCUT2D eigenvalue weighted by atomic mass is 16.5. The second-order valence-corrected chi connectivity index (χ2v) is 4.97. The zero-order valence-corrected chi connectivity index (χ0v) is 11.5. The summed E-state index contributed by atoms with van der Waals surface area (Å²) in [6, 6.07) is 5.61. The number of aromatic nitrogens is 2. The van der Waals surface area contributed by atoms with Crippen LogP contribution in [0.15, 0.2) is 18.2 Å². The third kappa shape index (κ3) is 2.07. The molecular formula is C14H18N4O2. The number of nitrogens with zero attached hydrogens (tertiary/aromatic N) is 3. The summed E-state index contributed by atoms with van der Waals surface area (Å²) in [7, 11) is 1.60. The SMILES string of the molecule is COc1cccc2c1nc(N)n2CC(=O)N1CCCC1. The molecule has 2 N–H and O–H groups in total. The summed E-state index contributed by atoms with van der Waals surface area (Å²) in [5.74, 6) is 1.11. The molecule has 0 spiro atoms. The van der Waals surface area contributed by atoms with E-state index >= 15 is 0 Å². The summed E-state index contributed by atoms with van der Waals surface area (Å²) >= 11 is 0. The summed E-state index contributed by atoms with van der Waals surface area (Å²) in [5, 5.41) is 0. The number of anilines is 1. The third-order valence-electron chi connectivity index (χ3n) is 3.74. The lowest BCUT2D eigenvalue weighted by atomic mass is 10.3. The summed E-state index contributed by atoms with van der Waals surface area (Å²) in [5.41, 5.74) is 7.47. The molecule has 2 heterocycles. The minimum absolute atomic E-state index is 0.0938. The van der Waals surface area contributed by atoms with E-state index in [9.17, 15) is 4.79 Å². The van der Waals surface area contributed by atoms with Crippen LogP contribution in [0.5, 0.6) is 5.75 Å². The quantitative estimate of drug-likeness (QED) is 0.914. The molecule has 1 aromatic heterocycles. The molecular weight excluding hydrogens is 256 g/mol. The maximum atomic E-state index is 12.3. The lowest BCUT2D eigenvalue weighted by molar-refractivity contribution is -0.130. The Morgan fingerprint density at radius 2 is 2.15 bits per heavy atom. The van der Waals surface area contributed by atoms with Gasteiger partial charge >= 0.3 is 0 Å². The first kappa shape index (κ1) is 12.8. The van der Waals surface area contributed by atoms with Crippen LogP contribution in [0.2, 0.25) is 0 Å². The van der Waals surface area contributed by atoms with Gasteiger partial charge in [-0.25, -0.2) is 4.98 Å². The number of likely N-dealkylation sites (tertiary alicyclic amines) is 1. The Morgan fingerprint density at radius 1 is 1.40 bits per heavy atom. The molecule has 20 heavy (non-hydrogen) atoms. The summed E-state index contributed by atoms with van der Waals surface area (Å²) < 4.78 is 7.02. The average Bonchev–Trinajstić information content (AvgIpc) is 3.07. The van der Waals surface area contributed by atoms with Crippen molar-refractivity contribution in [1.29, 1.82) is 0 Å². The highest BCUT2D eigenvalue weighted by Crippen LogP contribution is 2.26. The molecule has 0 bridgehead atoms. The van der Waals surface area contributed by atoms with Crippen molar-refractivity contribution in [3.05, 3.63) is 18.2 Å². The third-order valence-corrected chi connectivity index (χ3v) is 3.74. The van der Waals surface area contributed by atoms with Crippen LogP contribution in [0.4, 0.5) is 5.95 Å². The van der Waals surface area contributed by atoms with Crippen LogP contribution in [-0.4, -0.2) is 40.6 Å². The predicted octanol–water partition coefficient (Wildman–Crippen LogP) is 1.25. The van der Waals surface area contributed by atoms with Gasteiger partial charge in [0.15, 0.2) is 0 Å². The topological polar surface area (TPSA) is 73.4 Å². The fraction of sp³-hybridized carbons (Fsp3) is 0.429. The van der Waals surface area contributed by atoms with Gasteiger partial charge in [-0.1, -0.05) is 6.07 Å². The zero-order valence-electron chi connectivity index (χ0n) is 11.5. The largest absolute Gasteiger partial charge is 0.494 e. The van der Waals surface area contributed by atoms with E-state index in [1.807, 2.05) is 23.1 Å². The lowest BCUT2D eigenvalue weighted by Crippen LogP contribution is -2.31. The van der Waals surface area contributed by atoms with E-state index in [4.69, 9.17) is 10.5 Å². The van der Waals surface area contributed by atoms with Gasteiger partial charge in [0, 0.05) is 13.1 Å². The number of imidazole rings is 1. The molecule has 1 aliphatic heterocycles. The molecule has 1 aliphatic rings. The second-order valence-electron chi connectivity index (χ2n) is 4.97. The number of benzene rings is 1. The molecule has 1 fully saturated rings. The molecule has 0 atom stereocenters. The molecule has 6 heteroatoms. The van der Waals surface area contributed by atoms with E-state index in [1.54, 1.807) is 11.7 Å². The summed E-state index contributed by atoms with van der Waals surface area (Å²) in [6.07, 6.45) is 2.17. The Morgan fingerprint density at radius 3 is 2.85 bits per heavy atom. The average molecular weight is 274 g/mol. The van der Waals surface area contributed by atoms with Crippen molar-refractivity contribution < 1.29 is 9.53 Å². The molecule has 0 saturated carbocycles. The Kier molecular flexibility index (Phi) is 3.22. The summed E-state index contributed by atoms with van der Waals surface area (Å²) in [6.45, 7) is 1.92. The van der Waals surface area contributed by atoms with Gasteiger partial charge in [0.25, 0.3) is 0 Å². The number of ether oxygens (including phenoxy) is 1. The van der Waals surface area contributed by atoms with E-state index in [2.05, 4.69) is 4.98 Å². The van der Waals surface area contributed by atoms with Crippen LogP contribution < -0.4 is 10.5 Å². The highest BCUT2D eigenvalue weighted by molar-refractivity contribution is 5.86. The van der Waals surface area contributed by atoms with E-state index in [0.29, 0.717) is 17.2 Å². The van der Waals surface area contributed by atoms with Crippen molar-refractivity contribution in [3.8, 4) is 5.75 Å². The zero-order chi connectivity index (χ0) is 14.1. The number of para-hydroxylation sites is 1. The number of carbonyl (C=O) groups is 1. The second kappa shape index (κ2) is 5.03. The Hall–Kier alpha value is -2.24. The Labute approximate surface area is 117 Å². The van der Waals surface area contributed by atoms with Gasteiger partial charge in [-0.3, -0.25) is 4.79 Å². The fourth-order valence-corrected chi connectivity index (χ4v) is 2.67. The Balaban J connectivity index is 1.94. The first-order valence-electron chi connectivity index (χ1n) is 6.77. The van der Waals surface area contributed by atoms with Crippen LogP contribution in [0.25, 0.3) is 11.0 Å². The van der Waals surface area contributed by atoms with Crippen LogP contribution in [0.3, 0.4) is 0 Å². The number of hydrogen-bond donors (Lipinski definition) is 1. The number of fused-ring (bicyclic) bond motifs is 1. The van der Waals surface area contributed by atoms with Crippen molar-refractivity contribution in [3.63, 3.8) is 0 Å². The number of carbonyl (C=O) groups excluding carboxylic acids is 1. The number of methoxy groups -OCH3 is 1. The highest BCUT2D eigenvalue weighted by Gasteiger charge is 2.20. The van der Waals surface area contributed by atoms with Gasteiger partial charge in [0.1, 0.15) is 17.8 Å². The maximum absolute atomic E-state index is 12.3. The van der Waals surface area contributed by atoms with Crippen LogP contribution in [0.1, 0.15) is 12.8 Å². The molecule has 0 unspecified atom stereocenters. The van der Waals surface area contributed by atoms with Gasteiger partial charge in [0.2, 0.25) is 11.9 Å². The first-order chi connectivity index (χ1) is 9.70. The van der Waals surface area contributed by atoms with Crippen molar-refractivity contribution in [1.82, 2.24) is 14.5 Å². The van der Waals surface area contributed by atoms with Crippen LogP contribution in [-0.2, 0) is 11.3 Å². The molecule has 0 aliphatic carbocycles. The normalized spacial score (nSPS) is 14.9. The van der Waals surface area contributed by atoms with Crippen molar-refractivity contribution >= 4 is 22.9 Å². The molecule has 3 rings (SSSR count). The van der Waals surface area contributed by atoms with Crippen molar-refractivity contribution in [2.24, 2.45) is 0 Å². The molecule has 106 valence electrons. The predicted molar refractivity (Wildman–Crippen MR) is 76.5 cm³/mol. The maximum Gasteiger partial charge on any atom is 0.242 e. The smallest absolute Gasteiger partial charge is 0.242 e.